The molecule has 4 aromatic rings. The van der Waals surface area contributed by atoms with Gasteiger partial charge >= 0.3 is 0 Å². The SMILES string of the molecule is Cc1ccc(SN(c2ccnc(Nc3ccc(C#N)cc3)n2)c2c(C)cc(CCC#N)cc2C)cc1. The van der Waals surface area contributed by atoms with Crippen LogP contribution in [0.5, 0.6) is 0 Å². The summed E-state index contributed by atoms with van der Waals surface area (Å²) in [4.78, 5) is 10.3. The van der Waals surface area contributed by atoms with Crippen LogP contribution in [-0.2, 0) is 6.42 Å². The zero-order valence-electron chi connectivity index (χ0n) is 20.5. The average molecular weight is 491 g/mol. The molecule has 0 saturated carbocycles. The van der Waals surface area contributed by atoms with E-state index in [0.717, 1.165) is 45.2 Å². The summed E-state index contributed by atoms with van der Waals surface area (Å²) in [6.07, 6.45) is 2.97. The van der Waals surface area contributed by atoms with E-state index in [9.17, 15) is 0 Å². The Kier molecular flexibility index (Phi) is 7.85. The lowest BCUT2D eigenvalue weighted by atomic mass is 10.0. The number of anilines is 4. The van der Waals surface area contributed by atoms with Gasteiger partial charge in [-0.3, -0.25) is 4.31 Å². The van der Waals surface area contributed by atoms with Gasteiger partial charge in [0.15, 0.2) is 0 Å². The third-order valence-electron chi connectivity index (χ3n) is 5.62. The number of aryl methyl sites for hydroxylation is 4. The van der Waals surface area contributed by atoms with Gasteiger partial charge in [0.1, 0.15) is 5.82 Å². The molecule has 0 radical (unpaired) electrons. The van der Waals surface area contributed by atoms with Crippen molar-refractivity contribution >= 4 is 35.1 Å². The van der Waals surface area contributed by atoms with Crippen LogP contribution in [0.3, 0.4) is 0 Å². The molecule has 0 aliphatic carbocycles. The minimum atomic E-state index is 0.465. The molecule has 0 aliphatic heterocycles. The zero-order chi connectivity index (χ0) is 25.5. The third-order valence-corrected chi connectivity index (χ3v) is 6.65. The Hall–Kier alpha value is -4.33. The van der Waals surface area contributed by atoms with Crippen molar-refractivity contribution in [1.82, 2.24) is 9.97 Å². The van der Waals surface area contributed by atoms with E-state index in [4.69, 9.17) is 15.5 Å². The van der Waals surface area contributed by atoms with Gasteiger partial charge in [0.25, 0.3) is 0 Å². The number of nitrogens with one attached hydrogen (secondary N) is 1. The van der Waals surface area contributed by atoms with Gasteiger partial charge < -0.3 is 5.32 Å². The highest BCUT2D eigenvalue weighted by Gasteiger charge is 2.19. The van der Waals surface area contributed by atoms with Crippen LogP contribution < -0.4 is 9.62 Å². The summed E-state index contributed by atoms with van der Waals surface area (Å²) in [5.74, 6) is 1.20. The van der Waals surface area contributed by atoms with E-state index in [1.54, 1.807) is 30.3 Å². The smallest absolute Gasteiger partial charge is 0.229 e. The molecule has 178 valence electrons. The molecule has 6 nitrogen and oxygen atoms in total. The molecule has 7 heteroatoms. The molecule has 4 rings (SSSR count). The summed E-state index contributed by atoms with van der Waals surface area (Å²) in [6, 6.07) is 26.2. The summed E-state index contributed by atoms with van der Waals surface area (Å²) in [5.41, 5.74) is 7.05. The Morgan fingerprint density at radius 1 is 0.917 bits per heavy atom. The molecule has 3 aromatic carbocycles. The summed E-state index contributed by atoms with van der Waals surface area (Å²) in [6.45, 7) is 6.27. The maximum atomic E-state index is 9.05. The van der Waals surface area contributed by atoms with Gasteiger partial charge in [0, 0.05) is 29.3 Å². The van der Waals surface area contributed by atoms with Gasteiger partial charge in [0.05, 0.1) is 23.4 Å². The fourth-order valence-corrected chi connectivity index (χ4v) is 4.94. The lowest BCUT2D eigenvalue weighted by Crippen LogP contribution is -2.13. The molecule has 1 heterocycles. The van der Waals surface area contributed by atoms with Gasteiger partial charge in [0.2, 0.25) is 5.95 Å². The van der Waals surface area contributed by atoms with E-state index in [-0.39, 0.29) is 0 Å². The molecule has 0 saturated heterocycles. The van der Waals surface area contributed by atoms with Crippen molar-refractivity contribution in [3.05, 3.63) is 101 Å². The van der Waals surface area contributed by atoms with Crippen molar-refractivity contribution in [2.75, 3.05) is 9.62 Å². The highest BCUT2D eigenvalue weighted by atomic mass is 32.2. The first kappa shape index (κ1) is 24.8. The van der Waals surface area contributed by atoms with Gasteiger partial charge in [-0.25, -0.2) is 4.98 Å². The van der Waals surface area contributed by atoms with Crippen LogP contribution >= 0.6 is 11.9 Å². The van der Waals surface area contributed by atoms with Crippen LogP contribution in [0.15, 0.2) is 77.8 Å². The average Bonchev–Trinajstić information content (AvgIpc) is 2.88. The van der Waals surface area contributed by atoms with Crippen LogP contribution in [0.1, 0.15) is 34.2 Å². The van der Waals surface area contributed by atoms with Crippen LogP contribution in [0.2, 0.25) is 0 Å². The maximum Gasteiger partial charge on any atom is 0.229 e. The molecule has 1 aromatic heterocycles. The van der Waals surface area contributed by atoms with E-state index < -0.39 is 0 Å². The second-order valence-electron chi connectivity index (χ2n) is 8.49. The molecule has 0 amide bonds. The van der Waals surface area contributed by atoms with Gasteiger partial charge in [-0.1, -0.05) is 29.8 Å². The first-order valence-electron chi connectivity index (χ1n) is 11.6. The molecular weight excluding hydrogens is 464 g/mol. The summed E-state index contributed by atoms with van der Waals surface area (Å²) >= 11 is 1.60. The Morgan fingerprint density at radius 2 is 1.61 bits per heavy atom. The van der Waals surface area contributed by atoms with Crippen molar-refractivity contribution in [3.63, 3.8) is 0 Å². The Balaban J connectivity index is 1.72. The summed E-state index contributed by atoms with van der Waals surface area (Å²) < 4.78 is 2.13. The fraction of sp³-hybridized carbons (Fsp3) is 0.172. The number of benzene rings is 3. The van der Waals surface area contributed by atoms with Crippen molar-refractivity contribution < 1.29 is 0 Å². The molecule has 1 N–H and O–H groups in total. The van der Waals surface area contributed by atoms with E-state index in [1.807, 2.05) is 18.2 Å². The predicted octanol–water partition coefficient (Wildman–Crippen LogP) is 7.32. The number of aromatic nitrogens is 2. The normalized spacial score (nSPS) is 10.4. The molecule has 0 aliphatic rings. The Bertz CT molecular complexity index is 1410. The van der Waals surface area contributed by atoms with Gasteiger partial charge in [-0.2, -0.15) is 15.5 Å². The largest absolute Gasteiger partial charge is 0.324 e. The van der Waals surface area contributed by atoms with E-state index in [1.165, 1.54) is 5.56 Å². The molecule has 0 fully saturated rings. The van der Waals surface area contributed by atoms with Crippen molar-refractivity contribution in [2.45, 2.75) is 38.5 Å². The molecule has 0 atom stereocenters. The first-order chi connectivity index (χ1) is 17.5. The van der Waals surface area contributed by atoms with Crippen LogP contribution in [0, 0.1) is 43.4 Å². The molecule has 36 heavy (non-hydrogen) atoms. The van der Waals surface area contributed by atoms with Gasteiger partial charge in [-0.05, 0) is 92.2 Å². The minimum absolute atomic E-state index is 0.465. The number of nitriles is 2. The van der Waals surface area contributed by atoms with Crippen LogP contribution in [-0.4, -0.2) is 9.97 Å². The van der Waals surface area contributed by atoms with Gasteiger partial charge in [-0.15, -0.1) is 0 Å². The van der Waals surface area contributed by atoms with Crippen molar-refractivity contribution in [3.8, 4) is 12.1 Å². The summed E-state index contributed by atoms with van der Waals surface area (Å²) in [5, 5.41) is 21.3. The quantitative estimate of drug-likeness (QED) is 0.259. The summed E-state index contributed by atoms with van der Waals surface area (Å²) in [7, 11) is 0. The monoisotopic (exact) mass is 490 g/mol. The van der Waals surface area contributed by atoms with Crippen LogP contribution in [0.4, 0.5) is 23.1 Å². The minimum Gasteiger partial charge on any atom is -0.324 e. The Labute approximate surface area is 216 Å². The third kappa shape index (κ3) is 6.02. The second-order valence-corrected chi connectivity index (χ2v) is 9.51. The molecule has 0 unspecified atom stereocenters. The molecule has 0 bridgehead atoms. The molecular formula is C29H26N6S. The number of rotatable bonds is 8. The Morgan fingerprint density at radius 3 is 2.25 bits per heavy atom. The number of hydrogen-bond acceptors (Lipinski definition) is 7. The highest BCUT2D eigenvalue weighted by molar-refractivity contribution is 8.01. The van der Waals surface area contributed by atoms with Crippen molar-refractivity contribution in [2.24, 2.45) is 0 Å². The number of nitrogens with zero attached hydrogens (tertiary/aromatic N) is 5. The predicted molar refractivity (Wildman–Crippen MR) is 145 cm³/mol. The van der Waals surface area contributed by atoms with E-state index in [2.05, 4.69) is 83.9 Å². The van der Waals surface area contributed by atoms with Crippen molar-refractivity contribution in [1.29, 1.82) is 10.5 Å². The highest BCUT2D eigenvalue weighted by Crippen LogP contribution is 2.40. The van der Waals surface area contributed by atoms with E-state index in [0.29, 0.717) is 17.9 Å². The molecule has 0 spiro atoms. The standard InChI is InChI=1S/C29H26N6S/c1-20-6-12-26(13-7-20)36-35(28-21(2)17-24(5-4-15-30)18-22(28)3)27-14-16-32-29(34-27)33-25-10-8-23(19-31)9-11-25/h6-14,16-18H,4-5H2,1-3H3,(H,32,33,34). The van der Waals surface area contributed by atoms with E-state index >= 15 is 0 Å². The maximum absolute atomic E-state index is 9.05. The van der Waals surface area contributed by atoms with Crippen LogP contribution in [0.25, 0.3) is 0 Å². The second kappa shape index (κ2) is 11.4. The lowest BCUT2D eigenvalue weighted by molar-refractivity contribution is 1.00. The lowest BCUT2D eigenvalue weighted by Gasteiger charge is -2.27. The fourth-order valence-electron chi connectivity index (χ4n) is 3.90. The number of hydrogen-bond donors (Lipinski definition) is 1. The zero-order valence-corrected chi connectivity index (χ0v) is 21.3. The topological polar surface area (TPSA) is 88.6 Å². The first-order valence-corrected chi connectivity index (χ1v) is 12.4.